The third-order valence-electron chi connectivity index (χ3n) is 4.04. The van der Waals surface area contributed by atoms with E-state index >= 15 is 0 Å². The number of unbranched alkanes of at least 4 members (excludes halogenated alkanes) is 1. The molecule has 1 aliphatic rings. The molecule has 0 spiro atoms. The van der Waals surface area contributed by atoms with Gasteiger partial charge in [-0.05, 0) is 18.4 Å². The van der Waals surface area contributed by atoms with Crippen molar-refractivity contribution in [2.24, 2.45) is 5.92 Å². The van der Waals surface area contributed by atoms with Gasteiger partial charge in [0.15, 0.2) is 0 Å². The number of carbonyl (C=O) groups is 2. The van der Waals surface area contributed by atoms with E-state index in [0.29, 0.717) is 0 Å². The molecule has 1 aromatic rings. The first kappa shape index (κ1) is 15.5. The summed E-state index contributed by atoms with van der Waals surface area (Å²) in [7, 11) is 0. The smallest absolute Gasteiger partial charge is 0.417 e. The second-order valence-corrected chi connectivity index (χ2v) is 5.46. The fourth-order valence-electron chi connectivity index (χ4n) is 2.74. The van der Waals surface area contributed by atoms with Crippen LogP contribution in [0.3, 0.4) is 0 Å². The van der Waals surface area contributed by atoms with Crippen LogP contribution in [0.15, 0.2) is 30.3 Å². The molecule has 21 heavy (non-hydrogen) atoms. The minimum absolute atomic E-state index is 0.0951. The molecule has 2 rings (SSSR count). The van der Waals surface area contributed by atoms with Gasteiger partial charge >= 0.3 is 6.09 Å². The molecule has 0 aliphatic carbocycles. The summed E-state index contributed by atoms with van der Waals surface area (Å²) in [5, 5.41) is 0. The van der Waals surface area contributed by atoms with Gasteiger partial charge in [0.1, 0.15) is 12.6 Å². The summed E-state index contributed by atoms with van der Waals surface area (Å²) in [6.07, 6.45) is 3.13. The molecule has 1 fully saturated rings. The number of rotatable bonds is 6. The SMILES string of the molecule is CCCC[C@@H](CC)C(=O)N1C(=O)OC[C@@H]1c1ccccc1. The van der Waals surface area contributed by atoms with Crippen LogP contribution in [0.1, 0.15) is 51.1 Å². The number of ether oxygens (including phenoxy) is 1. The highest BCUT2D eigenvalue weighted by Crippen LogP contribution is 2.30. The Hall–Kier alpha value is -1.84. The first-order chi connectivity index (χ1) is 10.2. The monoisotopic (exact) mass is 289 g/mol. The zero-order valence-corrected chi connectivity index (χ0v) is 12.7. The van der Waals surface area contributed by atoms with Crippen LogP contribution in [0, 0.1) is 5.92 Å². The van der Waals surface area contributed by atoms with Crippen LogP contribution in [0.5, 0.6) is 0 Å². The number of nitrogens with zero attached hydrogens (tertiary/aromatic N) is 1. The highest BCUT2D eigenvalue weighted by molar-refractivity contribution is 5.94. The fraction of sp³-hybridized carbons (Fsp3) is 0.529. The maximum Gasteiger partial charge on any atom is 0.417 e. The predicted octanol–water partition coefficient (Wildman–Crippen LogP) is 3.92. The molecule has 0 aromatic heterocycles. The quantitative estimate of drug-likeness (QED) is 0.797. The Bertz CT molecular complexity index is 486. The Morgan fingerprint density at radius 1 is 1.33 bits per heavy atom. The van der Waals surface area contributed by atoms with Crippen molar-refractivity contribution in [3.05, 3.63) is 35.9 Å². The molecular formula is C17H23NO3. The second-order valence-electron chi connectivity index (χ2n) is 5.46. The molecule has 0 N–H and O–H groups in total. The lowest BCUT2D eigenvalue weighted by atomic mass is 9.96. The van der Waals surface area contributed by atoms with Gasteiger partial charge in [0, 0.05) is 5.92 Å². The Morgan fingerprint density at radius 2 is 2.05 bits per heavy atom. The van der Waals surface area contributed by atoms with Crippen LogP contribution in [0.25, 0.3) is 0 Å². The number of imide groups is 1. The first-order valence-electron chi connectivity index (χ1n) is 7.73. The van der Waals surface area contributed by atoms with Gasteiger partial charge in [0.2, 0.25) is 5.91 Å². The third-order valence-corrected chi connectivity index (χ3v) is 4.04. The maximum atomic E-state index is 12.7. The number of benzene rings is 1. The molecule has 0 saturated carbocycles. The first-order valence-corrected chi connectivity index (χ1v) is 7.73. The van der Waals surface area contributed by atoms with Crippen molar-refractivity contribution in [3.63, 3.8) is 0 Å². The van der Waals surface area contributed by atoms with Gasteiger partial charge in [0.25, 0.3) is 0 Å². The van der Waals surface area contributed by atoms with Crippen LogP contribution in [-0.2, 0) is 9.53 Å². The van der Waals surface area contributed by atoms with Crippen molar-refractivity contribution in [2.75, 3.05) is 6.61 Å². The summed E-state index contributed by atoms with van der Waals surface area (Å²) >= 11 is 0. The van der Waals surface area contributed by atoms with E-state index in [9.17, 15) is 9.59 Å². The van der Waals surface area contributed by atoms with Crippen molar-refractivity contribution in [1.82, 2.24) is 4.90 Å². The molecule has 1 aliphatic heterocycles. The van der Waals surface area contributed by atoms with Crippen molar-refractivity contribution in [1.29, 1.82) is 0 Å². The van der Waals surface area contributed by atoms with Crippen LogP contribution in [0.4, 0.5) is 4.79 Å². The fourth-order valence-corrected chi connectivity index (χ4v) is 2.74. The maximum absolute atomic E-state index is 12.7. The minimum Gasteiger partial charge on any atom is -0.446 e. The Balaban J connectivity index is 2.18. The largest absolute Gasteiger partial charge is 0.446 e. The molecule has 4 heteroatoms. The van der Waals surface area contributed by atoms with Gasteiger partial charge in [-0.2, -0.15) is 0 Å². The third kappa shape index (κ3) is 3.43. The minimum atomic E-state index is -0.510. The lowest BCUT2D eigenvalue weighted by molar-refractivity contribution is -0.133. The number of hydrogen-bond donors (Lipinski definition) is 0. The molecule has 1 aromatic carbocycles. The number of amides is 2. The van der Waals surface area contributed by atoms with Crippen LogP contribution < -0.4 is 0 Å². The number of carbonyl (C=O) groups excluding carboxylic acids is 2. The van der Waals surface area contributed by atoms with Crippen LogP contribution in [0.2, 0.25) is 0 Å². The van der Waals surface area contributed by atoms with Crippen molar-refractivity contribution in [3.8, 4) is 0 Å². The normalized spacial score (nSPS) is 19.4. The molecule has 114 valence electrons. The summed E-state index contributed by atoms with van der Waals surface area (Å²) in [4.78, 5) is 26.0. The average Bonchev–Trinajstić information content (AvgIpc) is 2.90. The van der Waals surface area contributed by atoms with Gasteiger partial charge in [-0.25, -0.2) is 9.69 Å². The predicted molar refractivity (Wildman–Crippen MR) is 80.7 cm³/mol. The molecule has 0 bridgehead atoms. The van der Waals surface area contributed by atoms with Gasteiger partial charge in [-0.1, -0.05) is 57.0 Å². The van der Waals surface area contributed by atoms with E-state index in [4.69, 9.17) is 4.74 Å². The van der Waals surface area contributed by atoms with Crippen molar-refractivity contribution in [2.45, 2.75) is 45.6 Å². The van der Waals surface area contributed by atoms with E-state index in [0.717, 1.165) is 31.2 Å². The average molecular weight is 289 g/mol. The molecule has 2 atom stereocenters. The summed E-state index contributed by atoms with van der Waals surface area (Å²) in [5.41, 5.74) is 0.946. The molecule has 0 radical (unpaired) electrons. The van der Waals surface area contributed by atoms with Gasteiger partial charge in [0.05, 0.1) is 0 Å². The van der Waals surface area contributed by atoms with Crippen LogP contribution in [-0.4, -0.2) is 23.5 Å². The standard InChI is InChI=1S/C17H23NO3/c1-3-5-9-13(4-2)16(19)18-15(12-21-17(18)20)14-10-7-6-8-11-14/h6-8,10-11,13,15H,3-5,9,12H2,1-2H3/t13-,15-/m1/s1. The molecule has 0 unspecified atom stereocenters. The van der Waals surface area contributed by atoms with Gasteiger partial charge in [-0.3, -0.25) is 4.79 Å². The number of cyclic esters (lactones) is 1. The summed E-state index contributed by atoms with van der Waals surface area (Å²) < 4.78 is 5.12. The molecule has 4 nitrogen and oxygen atoms in total. The summed E-state index contributed by atoms with van der Waals surface area (Å²) in [6, 6.07) is 9.31. The summed E-state index contributed by atoms with van der Waals surface area (Å²) in [5.74, 6) is -0.191. The second kappa shape index (κ2) is 7.25. The van der Waals surface area contributed by atoms with E-state index in [-0.39, 0.29) is 24.5 Å². The Labute approximate surface area is 126 Å². The molecular weight excluding hydrogens is 266 g/mol. The molecule has 1 heterocycles. The topological polar surface area (TPSA) is 46.6 Å². The van der Waals surface area contributed by atoms with E-state index in [2.05, 4.69) is 6.92 Å². The highest BCUT2D eigenvalue weighted by Gasteiger charge is 2.40. The number of hydrogen-bond acceptors (Lipinski definition) is 3. The van der Waals surface area contributed by atoms with E-state index in [1.807, 2.05) is 37.3 Å². The Kier molecular flexibility index (Phi) is 5.37. The van der Waals surface area contributed by atoms with Crippen molar-refractivity contribution >= 4 is 12.0 Å². The summed E-state index contributed by atoms with van der Waals surface area (Å²) in [6.45, 7) is 4.35. The lowest BCUT2D eigenvalue weighted by Crippen LogP contribution is -2.38. The zero-order chi connectivity index (χ0) is 15.2. The molecule has 1 saturated heterocycles. The zero-order valence-electron chi connectivity index (χ0n) is 12.7. The lowest BCUT2D eigenvalue weighted by Gasteiger charge is -2.24. The van der Waals surface area contributed by atoms with Crippen molar-refractivity contribution < 1.29 is 14.3 Å². The van der Waals surface area contributed by atoms with Crippen LogP contribution >= 0.6 is 0 Å². The van der Waals surface area contributed by atoms with E-state index in [1.54, 1.807) is 0 Å². The Morgan fingerprint density at radius 3 is 2.67 bits per heavy atom. The molecule has 2 amide bonds. The van der Waals surface area contributed by atoms with Gasteiger partial charge < -0.3 is 4.74 Å². The van der Waals surface area contributed by atoms with Gasteiger partial charge in [-0.15, -0.1) is 0 Å². The highest BCUT2D eigenvalue weighted by atomic mass is 16.6. The van der Waals surface area contributed by atoms with E-state index in [1.165, 1.54) is 4.90 Å². The van der Waals surface area contributed by atoms with E-state index < -0.39 is 6.09 Å².